The van der Waals surface area contributed by atoms with Crippen LogP contribution in [0.2, 0.25) is 5.02 Å². The van der Waals surface area contributed by atoms with Gasteiger partial charge in [0.15, 0.2) is 5.54 Å². The molecule has 25 heavy (non-hydrogen) atoms. The molecule has 1 aliphatic heterocycles. The van der Waals surface area contributed by atoms with E-state index >= 15 is 0 Å². The molecule has 1 aromatic heterocycles. The molecule has 2 aromatic rings. The van der Waals surface area contributed by atoms with Gasteiger partial charge in [-0.25, -0.2) is 4.79 Å². The van der Waals surface area contributed by atoms with Gasteiger partial charge in [0.1, 0.15) is 12.3 Å². The van der Waals surface area contributed by atoms with Gasteiger partial charge in [0.25, 0.3) is 5.91 Å². The minimum Gasteiger partial charge on any atom is -0.466 e. The molecule has 3 rings (SSSR count). The molecule has 0 spiro atoms. The SMILES string of the molecule is CC1(c2ccco2)NC(=O)N(CC(=O)NCc2ccc(Cl)cc2)C1=O. The van der Waals surface area contributed by atoms with E-state index in [0.717, 1.165) is 10.5 Å². The van der Waals surface area contributed by atoms with Crippen molar-refractivity contribution < 1.29 is 18.8 Å². The lowest BCUT2D eigenvalue weighted by molar-refractivity contribution is -0.135. The lowest BCUT2D eigenvalue weighted by Crippen LogP contribution is -2.43. The number of nitrogens with one attached hydrogen (secondary N) is 2. The van der Waals surface area contributed by atoms with Crippen LogP contribution in [0.4, 0.5) is 4.79 Å². The zero-order valence-corrected chi connectivity index (χ0v) is 14.2. The molecule has 1 atom stereocenters. The van der Waals surface area contributed by atoms with Gasteiger partial charge in [0.2, 0.25) is 5.91 Å². The maximum absolute atomic E-state index is 12.6. The standard InChI is InChI=1S/C17H16ClN3O4/c1-17(13-3-2-8-25-13)15(23)21(16(24)20-17)10-14(22)19-9-11-4-6-12(18)7-5-11/h2-8H,9-10H2,1H3,(H,19,22)(H,20,24). The summed E-state index contributed by atoms with van der Waals surface area (Å²) in [6, 6.07) is 9.59. The summed E-state index contributed by atoms with van der Waals surface area (Å²) in [6.45, 7) is 1.45. The van der Waals surface area contributed by atoms with Crippen molar-refractivity contribution in [2.45, 2.75) is 19.0 Å². The maximum Gasteiger partial charge on any atom is 0.325 e. The molecule has 1 unspecified atom stereocenters. The molecular formula is C17H16ClN3O4. The smallest absolute Gasteiger partial charge is 0.325 e. The molecule has 0 bridgehead atoms. The first kappa shape index (κ1) is 17.0. The Kier molecular flexibility index (Phi) is 4.50. The van der Waals surface area contributed by atoms with Crippen molar-refractivity contribution in [3.05, 3.63) is 59.0 Å². The molecule has 2 N–H and O–H groups in total. The molecule has 4 amide bonds. The number of benzene rings is 1. The lowest BCUT2D eigenvalue weighted by atomic mass is 9.99. The number of rotatable bonds is 5. The number of nitrogens with zero attached hydrogens (tertiary/aromatic N) is 1. The van der Waals surface area contributed by atoms with Gasteiger partial charge in [0.05, 0.1) is 6.26 Å². The van der Waals surface area contributed by atoms with Crippen LogP contribution >= 0.6 is 11.6 Å². The average Bonchev–Trinajstić information content (AvgIpc) is 3.19. The predicted octanol–water partition coefficient (Wildman–Crippen LogP) is 2.02. The lowest BCUT2D eigenvalue weighted by Gasteiger charge is -2.18. The van der Waals surface area contributed by atoms with Crippen molar-refractivity contribution in [1.29, 1.82) is 0 Å². The molecule has 1 saturated heterocycles. The van der Waals surface area contributed by atoms with Gasteiger partial charge in [-0.15, -0.1) is 0 Å². The van der Waals surface area contributed by atoms with E-state index in [-0.39, 0.29) is 13.1 Å². The minimum absolute atomic E-state index is 0.273. The van der Waals surface area contributed by atoms with E-state index in [1.54, 1.807) is 36.4 Å². The van der Waals surface area contributed by atoms with Crippen LogP contribution in [0.1, 0.15) is 18.2 Å². The minimum atomic E-state index is -1.31. The Morgan fingerprint density at radius 3 is 2.64 bits per heavy atom. The van der Waals surface area contributed by atoms with Crippen molar-refractivity contribution in [2.75, 3.05) is 6.54 Å². The normalized spacial score (nSPS) is 19.8. The summed E-state index contributed by atoms with van der Waals surface area (Å²) < 4.78 is 5.23. The summed E-state index contributed by atoms with van der Waals surface area (Å²) in [5, 5.41) is 5.84. The number of urea groups is 1. The second kappa shape index (κ2) is 6.60. The maximum atomic E-state index is 12.6. The molecule has 8 heteroatoms. The highest BCUT2D eigenvalue weighted by Gasteiger charge is 2.51. The number of hydrogen-bond donors (Lipinski definition) is 2. The van der Waals surface area contributed by atoms with Crippen molar-refractivity contribution in [3.63, 3.8) is 0 Å². The fourth-order valence-electron chi connectivity index (χ4n) is 2.57. The summed E-state index contributed by atoms with van der Waals surface area (Å²) in [6.07, 6.45) is 1.42. The number of furan rings is 1. The van der Waals surface area contributed by atoms with Crippen LogP contribution in [0, 0.1) is 0 Å². The van der Waals surface area contributed by atoms with Gasteiger partial charge in [-0.05, 0) is 36.8 Å². The van der Waals surface area contributed by atoms with E-state index in [4.69, 9.17) is 16.0 Å². The Balaban J connectivity index is 1.62. The Hall–Kier alpha value is -2.80. The summed E-state index contributed by atoms with van der Waals surface area (Å²) in [5.41, 5.74) is -0.452. The van der Waals surface area contributed by atoms with Crippen molar-refractivity contribution >= 4 is 29.4 Å². The van der Waals surface area contributed by atoms with Gasteiger partial charge < -0.3 is 15.1 Å². The number of amides is 4. The molecule has 0 aliphatic carbocycles. The average molecular weight is 362 g/mol. The Morgan fingerprint density at radius 1 is 1.28 bits per heavy atom. The highest BCUT2D eigenvalue weighted by atomic mass is 35.5. The summed E-state index contributed by atoms with van der Waals surface area (Å²) in [5.74, 6) is -0.661. The van der Waals surface area contributed by atoms with Crippen LogP contribution in [0.15, 0.2) is 47.1 Å². The van der Waals surface area contributed by atoms with Crippen molar-refractivity contribution in [2.24, 2.45) is 0 Å². The third kappa shape index (κ3) is 3.36. The summed E-state index contributed by atoms with van der Waals surface area (Å²) in [7, 11) is 0. The molecule has 2 heterocycles. The molecule has 1 aromatic carbocycles. The highest BCUT2D eigenvalue weighted by molar-refractivity contribution is 6.30. The fraction of sp³-hybridized carbons (Fsp3) is 0.235. The van der Waals surface area contributed by atoms with E-state index in [1.807, 2.05) is 0 Å². The van der Waals surface area contributed by atoms with Gasteiger partial charge >= 0.3 is 6.03 Å². The molecule has 0 saturated carbocycles. The van der Waals surface area contributed by atoms with Gasteiger partial charge in [-0.2, -0.15) is 0 Å². The molecule has 7 nitrogen and oxygen atoms in total. The van der Waals surface area contributed by atoms with Crippen LogP contribution in [-0.2, 0) is 21.7 Å². The van der Waals surface area contributed by atoms with Crippen molar-refractivity contribution in [1.82, 2.24) is 15.5 Å². The van der Waals surface area contributed by atoms with E-state index in [2.05, 4.69) is 10.6 Å². The van der Waals surface area contributed by atoms with E-state index in [0.29, 0.717) is 10.8 Å². The zero-order chi connectivity index (χ0) is 18.0. The van der Waals surface area contributed by atoms with Gasteiger partial charge in [-0.3, -0.25) is 14.5 Å². The van der Waals surface area contributed by atoms with Crippen LogP contribution in [0.5, 0.6) is 0 Å². The Labute approximate surface area is 148 Å². The summed E-state index contributed by atoms with van der Waals surface area (Å²) >= 11 is 5.81. The predicted molar refractivity (Wildman–Crippen MR) is 89.6 cm³/mol. The molecular weight excluding hydrogens is 346 g/mol. The van der Waals surface area contributed by atoms with E-state index in [9.17, 15) is 14.4 Å². The van der Waals surface area contributed by atoms with Crippen LogP contribution < -0.4 is 10.6 Å². The molecule has 1 fully saturated rings. The first-order chi connectivity index (χ1) is 11.9. The topological polar surface area (TPSA) is 91.7 Å². The largest absolute Gasteiger partial charge is 0.466 e. The Morgan fingerprint density at radius 2 is 2.00 bits per heavy atom. The second-order valence-corrected chi connectivity index (χ2v) is 6.26. The number of carbonyl (C=O) groups is 3. The molecule has 1 aliphatic rings. The van der Waals surface area contributed by atoms with Gasteiger partial charge in [-0.1, -0.05) is 23.7 Å². The quantitative estimate of drug-likeness (QED) is 0.797. The second-order valence-electron chi connectivity index (χ2n) is 5.83. The third-order valence-electron chi connectivity index (χ3n) is 3.99. The van der Waals surface area contributed by atoms with E-state index < -0.39 is 23.4 Å². The van der Waals surface area contributed by atoms with Crippen molar-refractivity contribution in [3.8, 4) is 0 Å². The number of hydrogen-bond acceptors (Lipinski definition) is 4. The third-order valence-corrected chi connectivity index (χ3v) is 4.25. The molecule has 130 valence electrons. The Bertz CT molecular complexity index is 804. The highest BCUT2D eigenvalue weighted by Crippen LogP contribution is 2.28. The van der Waals surface area contributed by atoms with Crippen LogP contribution in [0.25, 0.3) is 0 Å². The number of carbonyl (C=O) groups excluding carboxylic acids is 3. The first-order valence-electron chi connectivity index (χ1n) is 7.59. The fourth-order valence-corrected chi connectivity index (χ4v) is 2.70. The first-order valence-corrected chi connectivity index (χ1v) is 7.97. The van der Waals surface area contributed by atoms with Crippen LogP contribution in [0.3, 0.4) is 0 Å². The number of imide groups is 1. The summed E-state index contributed by atoms with van der Waals surface area (Å²) in [4.78, 5) is 37.6. The van der Waals surface area contributed by atoms with Crippen LogP contribution in [-0.4, -0.2) is 29.3 Å². The number of halogens is 1. The monoisotopic (exact) mass is 361 g/mol. The van der Waals surface area contributed by atoms with Gasteiger partial charge in [0, 0.05) is 11.6 Å². The molecule has 0 radical (unpaired) electrons. The zero-order valence-electron chi connectivity index (χ0n) is 13.4. The van der Waals surface area contributed by atoms with E-state index in [1.165, 1.54) is 13.2 Å².